The summed E-state index contributed by atoms with van der Waals surface area (Å²) in [7, 11) is 0. The van der Waals surface area contributed by atoms with Gasteiger partial charge in [-0.15, -0.1) is 0 Å². The second kappa shape index (κ2) is 3.58. The van der Waals surface area contributed by atoms with Gasteiger partial charge in [-0.05, 0) is 52.0 Å². The van der Waals surface area contributed by atoms with Crippen molar-refractivity contribution in [2.45, 2.75) is 51.1 Å². The summed E-state index contributed by atoms with van der Waals surface area (Å²) in [5.41, 5.74) is 0.379. The van der Waals surface area contributed by atoms with Gasteiger partial charge in [0.15, 0.2) is 0 Å². The van der Waals surface area contributed by atoms with E-state index < -0.39 is 0 Å². The minimum Gasteiger partial charge on any atom is -0.313 e. The molecule has 1 aliphatic carbocycles. The third kappa shape index (κ3) is 2.44. The molecule has 1 saturated heterocycles. The molecular formula is C11H22N2. The average Bonchev–Trinajstić information content (AvgIpc) is 2.82. The lowest BCUT2D eigenvalue weighted by molar-refractivity contribution is 0.325. The normalized spacial score (nSPS) is 29.5. The van der Waals surface area contributed by atoms with Gasteiger partial charge >= 0.3 is 0 Å². The monoisotopic (exact) mass is 182 g/mol. The molecule has 0 amide bonds. The Labute approximate surface area is 81.5 Å². The second-order valence-electron chi connectivity index (χ2n) is 5.17. The summed E-state index contributed by atoms with van der Waals surface area (Å²) in [6, 6.07) is 0.734. The van der Waals surface area contributed by atoms with Crippen molar-refractivity contribution in [2.24, 2.45) is 5.92 Å². The van der Waals surface area contributed by atoms with E-state index in [4.69, 9.17) is 0 Å². The van der Waals surface area contributed by atoms with Crippen molar-refractivity contribution in [3.05, 3.63) is 0 Å². The highest BCUT2D eigenvalue weighted by atomic mass is 15.0. The molecule has 0 aromatic heterocycles. The van der Waals surface area contributed by atoms with Crippen molar-refractivity contribution in [3.8, 4) is 0 Å². The maximum Gasteiger partial charge on any atom is 0.0193 e. The molecule has 0 spiro atoms. The Hall–Kier alpha value is -0.0800. The van der Waals surface area contributed by atoms with Gasteiger partial charge in [-0.25, -0.2) is 0 Å². The van der Waals surface area contributed by atoms with Crippen LogP contribution in [0.4, 0.5) is 0 Å². The van der Waals surface area contributed by atoms with E-state index in [1.807, 2.05) is 0 Å². The van der Waals surface area contributed by atoms with Crippen molar-refractivity contribution in [1.29, 1.82) is 0 Å². The Morgan fingerprint density at radius 3 is 2.62 bits per heavy atom. The molecule has 76 valence electrons. The van der Waals surface area contributed by atoms with Crippen molar-refractivity contribution in [1.82, 2.24) is 10.6 Å². The highest BCUT2D eigenvalue weighted by Gasteiger charge is 2.37. The first kappa shape index (κ1) is 9.47. The maximum absolute atomic E-state index is 3.70. The fourth-order valence-electron chi connectivity index (χ4n) is 2.27. The molecular weight excluding hydrogens is 160 g/mol. The van der Waals surface area contributed by atoms with E-state index in [9.17, 15) is 0 Å². The minimum atomic E-state index is 0.379. The van der Waals surface area contributed by atoms with E-state index in [0.717, 1.165) is 18.5 Å². The highest BCUT2D eigenvalue weighted by molar-refractivity contribution is 4.95. The lowest BCUT2D eigenvalue weighted by Crippen LogP contribution is -2.47. The lowest BCUT2D eigenvalue weighted by atomic mass is 9.98. The average molecular weight is 182 g/mol. The Kier molecular flexibility index (Phi) is 2.61. The highest BCUT2D eigenvalue weighted by Crippen LogP contribution is 2.39. The van der Waals surface area contributed by atoms with E-state index in [0.29, 0.717) is 5.54 Å². The first-order valence-corrected chi connectivity index (χ1v) is 5.67. The molecule has 1 heterocycles. The third-order valence-corrected chi connectivity index (χ3v) is 3.56. The maximum atomic E-state index is 3.70. The SMILES string of the molecule is CC(C)(NCC1CCCN1)C1CC1. The number of rotatable bonds is 4. The first-order chi connectivity index (χ1) is 6.18. The molecule has 0 radical (unpaired) electrons. The summed E-state index contributed by atoms with van der Waals surface area (Å²) >= 11 is 0. The zero-order valence-electron chi connectivity index (χ0n) is 8.90. The molecule has 1 atom stereocenters. The molecule has 2 rings (SSSR count). The molecule has 2 N–H and O–H groups in total. The van der Waals surface area contributed by atoms with Crippen LogP contribution in [0.3, 0.4) is 0 Å². The van der Waals surface area contributed by atoms with Crippen molar-refractivity contribution in [3.63, 3.8) is 0 Å². The van der Waals surface area contributed by atoms with Crippen LogP contribution < -0.4 is 10.6 Å². The second-order valence-corrected chi connectivity index (χ2v) is 5.17. The predicted octanol–water partition coefficient (Wildman–Crippen LogP) is 1.52. The minimum absolute atomic E-state index is 0.379. The topological polar surface area (TPSA) is 24.1 Å². The van der Waals surface area contributed by atoms with Crippen LogP contribution in [0.1, 0.15) is 39.5 Å². The summed E-state index contributed by atoms with van der Waals surface area (Å²) in [6.45, 7) is 7.07. The third-order valence-electron chi connectivity index (χ3n) is 3.56. The summed E-state index contributed by atoms with van der Waals surface area (Å²) in [6.07, 6.45) is 5.57. The van der Waals surface area contributed by atoms with Crippen LogP contribution in [-0.2, 0) is 0 Å². The van der Waals surface area contributed by atoms with Gasteiger partial charge in [0.1, 0.15) is 0 Å². The molecule has 2 heteroatoms. The first-order valence-electron chi connectivity index (χ1n) is 5.67. The fourth-order valence-corrected chi connectivity index (χ4v) is 2.27. The Bertz CT molecular complexity index is 167. The van der Waals surface area contributed by atoms with Gasteiger partial charge in [0, 0.05) is 18.1 Å². The van der Waals surface area contributed by atoms with Crippen molar-refractivity contribution in [2.75, 3.05) is 13.1 Å². The van der Waals surface area contributed by atoms with Gasteiger partial charge in [0.05, 0.1) is 0 Å². The van der Waals surface area contributed by atoms with Crippen LogP contribution in [-0.4, -0.2) is 24.7 Å². The van der Waals surface area contributed by atoms with E-state index >= 15 is 0 Å². The van der Waals surface area contributed by atoms with Gasteiger partial charge in [0.2, 0.25) is 0 Å². The van der Waals surface area contributed by atoms with Gasteiger partial charge in [0.25, 0.3) is 0 Å². The fraction of sp³-hybridized carbons (Fsp3) is 1.00. The van der Waals surface area contributed by atoms with Gasteiger partial charge in [-0.1, -0.05) is 0 Å². The Morgan fingerprint density at radius 1 is 1.31 bits per heavy atom. The van der Waals surface area contributed by atoms with E-state index in [-0.39, 0.29) is 0 Å². The van der Waals surface area contributed by atoms with Crippen LogP contribution in [0.5, 0.6) is 0 Å². The lowest BCUT2D eigenvalue weighted by Gasteiger charge is -2.28. The molecule has 2 aliphatic rings. The van der Waals surface area contributed by atoms with Crippen molar-refractivity contribution < 1.29 is 0 Å². The van der Waals surface area contributed by atoms with Crippen LogP contribution >= 0.6 is 0 Å². The van der Waals surface area contributed by atoms with Crippen LogP contribution in [0.25, 0.3) is 0 Å². The standard InChI is InChI=1S/C11H22N2/c1-11(2,9-5-6-9)13-8-10-4-3-7-12-10/h9-10,12-13H,3-8H2,1-2H3. The number of hydrogen-bond acceptors (Lipinski definition) is 2. The van der Waals surface area contributed by atoms with Crippen LogP contribution in [0.2, 0.25) is 0 Å². The molecule has 2 nitrogen and oxygen atoms in total. The van der Waals surface area contributed by atoms with Gasteiger partial charge in [-0.2, -0.15) is 0 Å². The molecule has 0 bridgehead atoms. The molecule has 0 aromatic carbocycles. The molecule has 1 aliphatic heterocycles. The van der Waals surface area contributed by atoms with Crippen LogP contribution in [0, 0.1) is 5.92 Å². The summed E-state index contributed by atoms with van der Waals surface area (Å²) in [5.74, 6) is 0.939. The molecule has 1 saturated carbocycles. The van der Waals surface area contributed by atoms with Crippen LogP contribution in [0.15, 0.2) is 0 Å². The Morgan fingerprint density at radius 2 is 2.08 bits per heavy atom. The summed E-state index contributed by atoms with van der Waals surface area (Å²) in [5, 5.41) is 7.23. The number of nitrogens with one attached hydrogen (secondary N) is 2. The zero-order chi connectivity index (χ0) is 9.31. The van der Waals surface area contributed by atoms with Gasteiger partial charge in [-0.3, -0.25) is 0 Å². The smallest absolute Gasteiger partial charge is 0.0193 e. The molecule has 1 unspecified atom stereocenters. The van der Waals surface area contributed by atoms with E-state index in [1.165, 1.54) is 32.2 Å². The van der Waals surface area contributed by atoms with E-state index in [1.54, 1.807) is 0 Å². The summed E-state index contributed by atoms with van der Waals surface area (Å²) in [4.78, 5) is 0. The van der Waals surface area contributed by atoms with Crippen molar-refractivity contribution >= 4 is 0 Å². The largest absolute Gasteiger partial charge is 0.313 e. The van der Waals surface area contributed by atoms with E-state index in [2.05, 4.69) is 24.5 Å². The molecule has 0 aromatic rings. The molecule has 13 heavy (non-hydrogen) atoms. The number of hydrogen-bond donors (Lipinski definition) is 2. The molecule has 2 fully saturated rings. The zero-order valence-corrected chi connectivity index (χ0v) is 8.90. The Balaban J connectivity index is 1.70. The summed E-state index contributed by atoms with van der Waals surface area (Å²) < 4.78 is 0. The van der Waals surface area contributed by atoms with Gasteiger partial charge < -0.3 is 10.6 Å². The predicted molar refractivity (Wildman–Crippen MR) is 55.8 cm³/mol. The quantitative estimate of drug-likeness (QED) is 0.689.